The van der Waals surface area contributed by atoms with E-state index < -0.39 is 0 Å². The Morgan fingerprint density at radius 3 is 2.42 bits per heavy atom. The summed E-state index contributed by atoms with van der Waals surface area (Å²) in [5.74, 6) is 0.606. The van der Waals surface area contributed by atoms with Gasteiger partial charge in [0.25, 0.3) is 5.91 Å². The smallest absolute Gasteiger partial charge is 0.255 e. The van der Waals surface area contributed by atoms with Gasteiger partial charge in [0.15, 0.2) is 0 Å². The predicted octanol–water partition coefficient (Wildman–Crippen LogP) is 4.72. The molecule has 2 N–H and O–H groups in total. The Balaban J connectivity index is 1.41. The van der Waals surface area contributed by atoms with E-state index in [0.29, 0.717) is 24.5 Å². The molecule has 1 saturated heterocycles. The Morgan fingerprint density at radius 2 is 1.67 bits per heavy atom. The number of nitrogens with one attached hydrogen (secondary N) is 2. The molecule has 36 heavy (non-hydrogen) atoms. The Labute approximate surface area is 215 Å². The van der Waals surface area contributed by atoms with Crippen LogP contribution in [0.25, 0.3) is 0 Å². The first kappa shape index (κ1) is 26.2. The van der Waals surface area contributed by atoms with Crippen molar-refractivity contribution in [2.24, 2.45) is 5.41 Å². The van der Waals surface area contributed by atoms with Gasteiger partial charge in [-0.15, -0.1) is 0 Å². The maximum Gasteiger partial charge on any atom is 0.255 e. The summed E-state index contributed by atoms with van der Waals surface area (Å²) >= 11 is 0. The molecule has 1 fully saturated rings. The van der Waals surface area contributed by atoms with Crippen LogP contribution in [0.4, 0.5) is 0 Å². The monoisotopic (exact) mass is 491 g/mol. The normalized spacial score (nSPS) is 21.9. The van der Waals surface area contributed by atoms with Crippen molar-refractivity contribution < 1.29 is 14.3 Å². The van der Waals surface area contributed by atoms with E-state index in [1.807, 2.05) is 25.1 Å². The largest absolute Gasteiger partial charge is 0.491 e. The second-order valence-corrected chi connectivity index (χ2v) is 10.5. The molecule has 1 atom stereocenters. The number of aryl methyl sites for hydroxylation is 1. The molecule has 2 aliphatic heterocycles. The average molecular weight is 492 g/mol. The van der Waals surface area contributed by atoms with Crippen LogP contribution in [0.15, 0.2) is 48.5 Å². The van der Waals surface area contributed by atoms with E-state index in [-0.39, 0.29) is 23.3 Å². The molecular formula is C30H41N3O3. The fourth-order valence-electron chi connectivity index (χ4n) is 5.34. The van der Waals surface area contributed by atoms with E-state index in [2.05, 4.69) is 46.7 Å². The highest BCUT2D eigenvalue weighted by Crippen LogP contribution is 2.38. The molecule has 0 aromatic heterocycles. The van der Waals surface area contributed by atoms with Gasteiger partial charge in [0.1, 0.15) is 12.4 Å². The molecule has 2 heterocycles. The molecule has 4 rings (SSSR count). The minimum atomic E-state index is -0.335. The van der Waals surface area contributed by atoms with Crippen LogP contribution >= 0.6 is 0 Å². The second-order valence-electron chi connectivity index (χ2n) is 10.5. The fourth-order valence-corrected chi connectivity index (χ4v) is 5.34. The minimum absolute atomic E-state index is 0.106. The SMILES string of the molecule is CCc1ccc(CN2CCC3(CCCCCNC(=O)c4ccccc4OC[C@H](C)NC3=O)CC2)cc1. The van der Waals surface area contributed by atoms with Crippen LogP contribution in [-0.4, -0.2) is 49.0 Å². The molecule has 2 amide bonds. The summed E-state index contributed by atoms with van der Waals surface area (Å²) in [7, 11) is 0. The number of benzene rings is 2. The summed E-state index contributed by atoms with van der Waals surface area (Å²) in [6.45, 7) is 7.90. The molecule has 2 aromatic rings. The van der Waals surface area contributed by atoms with E-state index in [1.165, 1.54) is 11.1 Å². The molecule has 0 saturated carbocycles. The van der Waals surface area contributed by atoms with Gasteiger partial charge in [0, 0.05) is 13.1 Å². The van der Waals surface area contributed by atoms with Gasteiger partial charge in [-0.25, -0.2) is 0 Å². The second kappa shape index (κ2) is 12.4. The lowest BCUT2D eigenvalue weighted by Gasteiger charge is -2.41. The third-order valence-corrected chi connectivity index (χ3v) is 7.75. The van der Waals surface area contributed by atoms with Crippen molar-refractivity contribution in [1.29, 1.82) is 0 Å². The number of ether oxygens (including phenoxy) is 1. The highest BCUT2D eigenvalue weighted by Gasteiger charge is 2.41. The number of rotatable bonds is 3. The number of carbonyl (C=O) groups excluding carboxylic acids is 2. The average Bonchev–Trinajstić information content (AvgIpc) is 2.90. The minimum Gasteiger partial charge on any atom is -0.491 e. The van der Waals surface area contributed by atoms with Crippen molar-refractivity contribution in [2.75, 3.05) is 26.2 Å². The molecule has 0 bridgehead atoms. The number of likely N-dealkylation sites (tertiary alicyclic amines) is 1. The van der Waals surface area contributed by atoms with Crippen LogP contribution < -0.4 is 15.4 Å². The summed E-state index contributed by atoms with van der Waals surface area (Å²) in [4.78, 5) is 28.7. The van der Waals surface area contributed by atoms with E-state index in [1.54, 1.807) is 6.07 Å². The van der Waals surface area contributed by atoms with Crippen molar-refractivity contribution in [1.82, 2.24) is 15.5 Å². The third kappa shape index (κ3) is 6.67. The van der Waals surface area contributed by atoms with E-state index in [4.69, 9.17) is 4.74 Å². The third-order valence-electron chi connectivity index (χ3n) is 7.75. The van der Waals surface area contributed by atoms with Gasteiger partial charge in [-0.05, 0) is 75.4 Å². The van der Waals surface area contributed by atoms with E-state index >= 15 is 0 Å². The lowest BCUT2D eigenvalue weighted by molar-refractivity contribution is -0.135. The van der Waals surface area contributed by atoms with Crippen molar-refractivity contribution >= 4 is 11.8 Å². The summed E-state index contributed by atoms with van der Waals surface area (Å²) in [6.07, 6.45) is 6.59. The van der Waals surface area contributed by atoms with Gasteiger partial charge >= 0.3 is 0 Å². The quantitative estimate of drug-likeness (QED) is 0.652. The number of piperidine rings is 1. The zero-order valence-corrected chi connectivity index (χ0v) is 21.9. The lowest BCUT2D eigenvalue weighted by atomic mass is 9.73. The van der Waals surface area contributed by atoms with Gasteiger partial charge in [-0.2, -0.15) is 0 Å². The molecule has 0 radical (unpaired) electrons. The van der Waals surface area contributed by atoms with Gasteiger partial charge < -0.3 is 15.4 Å². The van der Waals surface area contributed by atoms with E-state index in [9.17, 15) is 9.59 Å². The zero-order valence-electron chi connectivity index (χ0n) is 21.9. The summed E-state index contributed by atoms with van der Waals surface area (Å²) < 4.78 is 5.99. The van der Waals surface area contributed by atoms with Crippen molar-refractivity contribution in [3.63, 3.8) is 0 Å². The Morgan fingerprint density at radius 1 is 0.944 bits per heavy atom. The summed E-state index contributed by atoms with van der Waals surface area (Å²) in [5.41, 5.74) is 2.91. The van der Waals surface area contributed by atoms with E-state index in [0.717, 1.165) is 64.6 Å². The number of nitrogens with zero attached hydrogens (tertiary/aromatic N) is 1. The topological polar surface area (TPSA) is 70.7 Å². The van der Waals surface area contributed by atoms with Gasteiger partial charge in [-0.1, -0.05) is 56.2 Å². The highest BCUT2D eigenvalue weighted by molar-refractivity contribution is 5.96. The van der Waals surface area contributed by atoms with Crippen LogP contribution in [0.2, 0.25) is 0 Å². The van der Waals surface area contributed by atoms with Gasteiger partial charge in [0.2, 0.25) is 5.91 Å². The number of para-hydroxylation sites is 1. The number of hydrogen-bond donors (Lipinski definition) is 2. The predicted molar refractivity (Wildman–Crippen MR) is 143 cm³/mol. The zero-order chi connectivity index (χ0) is 25.4. The van der Waals surface area contributed by atoms with Crippen LogP contribution in [-0.2, 0) is 17.8 Å². The van der Waals surface area contributed by atoms with Crippen molar-refractivity contribution in [3.8, 4) is 5.75 Å². The highest BCUT2D eigenvalue weighted by atomic mass is 16.5. The Hall–Kier alpha value is -2.86. The maximum atomic E-state index is 13.6. The van der Waals surface area contributed by atoms with Crippen LogP contribution in [0.1, 0.15) is 73.9 Å². The molecule has 194 valence electrons. The van der Waals surface area contributed by atoms with Crippen molar-refractivity contribution in [2.45, 2.75) is 71.4 Å². The maximum absolute atomic E-state index is 13.6. The Bertz CT molecular complexity index is 1010. The van der Waals surface area contributed by atoms with Gasteiger partial charge in [0.05, 0.1) is 17.0 Å². The molecule has 6 heteroatoms. The van der Waals surface area contributed by atoms with Gasteiger partial charge in [-0.3, -0.25) is 14.5 Å². The molecule has 0 unspecified atom stereocenters. The first-order valence-electron chi connectivity index (χ1n) is 13.6. The van der Waals surface area contributed by atoms with Crippen LogP contribution in [0.3, 0.4) is 0 Å². The number of carbonyl (C=O) groups is 2. The number of amides is 2. The molecule has 2 aliphatic rings. The molecule has 2 aromatic carbocycles. The van der Waals surface area contributed by atoms with Crippen LogP contribution in [0.5, 0.6) is 5.75 Å². The first-order chi connectivity index (χ1) is 17.5. The van der Waals surface area contributed by atoms with Crippen LogP contribution in [0, 0.1) is 5.41 Å². The summed E-state index contributed by atoms with van der Waals surface area (Å²) in [5, 5.41) is 6.27. The number of fused-ring (bicyclic) bond motifs is 1. The standard InChI is InChI=1S/C30H41N3O3/c1-3-24-11-13-25(14-12-24)21-33-19-16-30(17-20-33)15-7-4-8-18-31-28(34)26-9-5-6-10-27(26)36-22-23(2)32-29(30)35/h5-6,9-14,23H,3-4,7-8,15-22H2,1-2H3,(H,31,34)(H,32,35)/t23-/m0/s1. The molecule has 1 spiro atoms. The lowest BCUT2D eigenvalue weighted by Crippen LogP contribution is -2.51. The summed E-state index contributed by atoms with van der Waals surface area (Å²) in [6, 6.07) is 16.1. The molecule has 0 aliphatic carbocycles. The van der Waals surface area contributed by atoms with Crippen molar-refractivity contribution in [3.05, 3.63) is 65.2 Å². The Kier molecular flexibility index (Phi) is 9.03. The number of hydrogen-bond acceptors (Lipinski definition) is 4. The first-order valence-corrected chi connectivity index (χ1v) is 13.6. The molecular weight excluding hydrogens is 450 g/mol. The molecule has 6 nitrogen and oxygen atoms in total. The fraction of sp³-hybridized carbons (Fsp3) is 0.533.